The number of carboxylic acid groups (broad SMARTS) is 1. The Labute approximate surface area is 154 Å². The summed E-state index contributed by atoms with van der Waals surface area (Å²) in [6.45, 7) is 4.30. The van der Waals surface area contributed by atoms with Crippen LogP contribution in [0.25, 0.3) is 0 Å². The Morgan fingerprint density at radius 1 is 1.08 bits per heavy atom. The zero-order valence-electron chi connectivity index (χ0n) is 15.3. The number of carboxylic acids is 1. The highest BCUT2D eigenvalue weighted by atomic mass is 16.4. The van der Waals surface area contributed by atoms with Gasteiger partial charge in [-0.15, -0.1) is 0 Å². The van der Waals surface area contributed by atoms with E-state index in [0.717, 1.165) is 11.6 Å². The lowest BCUT2D eigenvalue weighted by Crippen LogP contribution is -2.37. The maximum absolute atomic E-state index is 11.7. The predicted octanol–water partition coefficient (Wildman–Crippen LogP) is 3.96. The van der Waals surface area contributed by atoms with E-state index in [4.69, 9.17) is 0 Å². The monoisotopic (exact) mass is 346 g/mol. The first kappa shape index (κ1) is 15.9. The molecule has 5 atom stereocenters. The van der Waals surface area contributed by atoms with Gasteiger partial charge in [-0.3, -0.25) is 0 Å². The van der Waals surface area contributed by atoms with E-state index >= 15 is 0 Å². The van der Waals surface area contributed by atoms with Crippen molar-refractivity contribution in [1.29, 1.82) is 0 Å². The van der Waals surface area contributed by atoms with E-state index in [1.165, 1.54) is 41.5 Å². The molecule has 26 heavy (non-hydrogen) atoms. The van der Waals surface area contributed by atoms with Crippen LogP contribution in [-0.4, -0.2) is 5.97 Å². The van der Waals surface area contributed by atoms with Gasteiger partial charge in [0.05, 0.1) is 12.0 Å². The normalized spacial score (nSPS) is 31.2. The summed E-state index contributed by atoms with van der Waals surface area (Å²) >= 11 is 0. The molecule has 2 aliphatic carbocycles. The number of hydrogen-bond donors (Lipinski definition) is 1. The molecule has 134 valence electrons. The molecule has 0 amide bonds. The van der Waals surface area contributed by atoms with E-state index in [0.29, 0.717) is 23.3 Å². The second kappa shape index (κ2) is 5.60. The zero-order chi connectivity index (χ0) is 18.0. The van der Waals surface area contributed by atoms with Crippen LogP contribution in [0.5, 0.6) is 0 Å². The molecule has 2 fully saturated rings. The number of anilines is 1. The van der Waals surface area contributed by atoms with Crippen LogP contribution in [0.4, 0.5) is 5.69 Å². The highest BCUT2D eigenvalue weighted by molar-refractivity contribution is 5.94. The van der Waals surface area contributed by atoms with Crippen LogP contribution >= 0.6 is 0 Å². The zero-order valence-corrected chi connectivity index (χ0v) is 15.3. The van der Waals surface area contributed by atoms with Gasteiger partial charge in [0.2, 0.25) is 0 Å². The summed E-state index contributed by atoms with van der Waals surface area (Å²) in [4.78, 5) is 11.7. The van der Waals surface area contributed by atoms with Crippen molar-refractivity contribution in [2.45, 2.75) is 45.1 Å². The lowest BCUT2D eigenvalue weighted by molar-refractivity contribution is -0.254. The highest BCUT2D eigenvalue weighted by Crippen LogP contribution is 2.64. The van der Waals surface area contributed by atoms with Gasteiger partial charge >= 0.3 is 0 Å². The van der Waals surface area contributed by atoms with Gasteiger partial charge in [-0.1, -0.05) is 42.0 Å². The molecule has 2 saturated carbocycles. The lowest BCUT2D eigenvalue weighted by atomic mass is 9.67. The molecule has 1 aliphatic heterocycles. The van der Waals surface area contributed by atoms with Crippen LogP contribution in [0, 0.1) is 31.6 Å². The fraction of sp³-hybridized carbons (Fsp3) is 0.435. The van der Waals surface area contributed by atoms with Crippen LogP contribution in [0.15, 0.2) is 36.4 Å². The minimum absolute atomic E-state index is 0.184. The summed E-state index contributed by atoms with van der Waals surface area (Å²) in [7, 11) is 0. The van der Waals surface area contributed by atoms with Gasteiger partial charge in [-0.25, -0.2) is 0 Å². The quantitative estimate of drug-likeness (QED) is 0.895. The third-order valence-electron chi connectivity index (χ3n) is 7.11. The summed E-state index contributed by atoms with van der Waals surface area (Å²) in [5.74, 6) is 1.36. The number of benzene rings is 2. The van der Waals surface area contributed by atoms with E-state index in [-0.39, 0.29) is 6.04 Å². The molecule has 1 heterocycles. The Balaban J connectivity index is 1.70. The van der Waals surface area contributed by atoms with Gasteiger partial charge in [-0.05, 0) is 73.5 Å². The third-order valence-corrected chi connectivity index (χ3v) is 7.11. The number of para-hydroxylation sites is 1. The van der Waals surface area contributed by atoms with Crippen molar-refractivity contribution in [3.63, 3.8) is 0 Å². The first-order valence-corrected chi connectivity index (χ1v) is 9.72. The van der Waals surface area contributed by atoms with Gasteiger partial charge in [0.25, 0.3) is 0 Å². The maximum Gasteiger partial charge on any atom is 0.0736 e. The maximum atomic E-state index is 11.7. The van der Waals surface area contributed by atoms with E-state index in [9.17, 15) is 9.90 Å². The first-order chi connectivity index (χ1) is 12.5. The number of fused-ring (bicyclic) bond motifs is 7. The third kappa shape index (κ3) is 2.16. The molecular formula is C23H24NO2-. The van der Waals surface area contributed by atoms with Crippen molar-refractivity contribution in [3.8, 4) is 0 Å². The Hall–Kier alpha value is -2.29. The molecule has 5 rings (SSSR count). The number of rotatable bonds is 2. The first-order valence-electron chi connectivity index (χ1n) is 9.72. The van der Waals surface area contributed by atoms with E-state index in [2.05, 4.69) is 43.4 Å². The highest BCUT2D eigenvalue weighted by Gasteiger charge is 2.54. The summed E-state index contributed by atoms with van der Waals surface area (Å²) in [6.07, 6.45) is 3.87. The Morgan fingerprint density at radius 3 is 2.69 bits per heavy atom. The van der Waals surface area contributed by atoms with Crippen LogP contribution in [0.2, 0.25) is 0 Å². The van der Waals surface area contributed by atoms with Gasteiger partial charge < -0.3 is 15.2 Å². The van der Waals surface area contributed by atoms with Crippen molar-refractivity contribution >= 4 is 11.7 Å². The Kier molecular flexibility index (Phi) is 3.43. The molecule has 3 heteroatoms. The molecule has 0 spiro atoms. The molecule has 0 saturated heterocycles. The molecule has 2 aromatic rings. The molecule has 1 N–H and O–H groups in total. The summed E-state index contributed by atoms with van der Waals surface area (Å²) in [5.41, 5.74) is 6.16. The fourth-order valence-corrected chi connectivity index (χ4v) is 6.09. The number of nitrogens with one attached hydrogen (secondary N) is 1. The SMILES string of the molecule is Cc1ccc(C)c([C@H]2Nc3c(C(=O)[O-])cccc3[C@H]3[C@H]4CC[C@H](C4)[C@H]32)c1. The summed E-state index contributed by atoms with van der Waals surface area (Å²) in [6, 6.07) is 12.5. The number of carbonyl (C=O) groups excluding carboxylic acids is 1. The molecule has 3 aliphatic rings. The average Bonchev–Trinajstić information content (AvgIpc) is 3.25. The summed E-state index contributed by atoms with van der Waals surface area (Å²) < 4.78 is 0. The molecule has 3 nitrogen and oxygen atoms in total. The van der Waals surface area contributed by atoms with E-state index < -0.39 is 5.97 Å². The molecule has 2 aromatic carbocycles. The topological polar surface area (TPSA) is 52.2 Å². The van der Waals surface area contributed by atoms with E-state index in [1.807, 2.05) is 6.07 Å². The second-order valence-corrected chi connectivity index (χ2v) is 8.48. The second-order valence-electron chi connectivity index (χ2n) is 8.48. The fourth-order valence-electron chi connectivity index (χ4n) is 6.09. The van der Waals surface area contributed by atoms with Crippen molar-refractivity contribution < 1.29 is 9.90 Å². The number of carbonyl (C=O) groups is 1. The molecule has 0 unspecified atom stereocenters. The predicted molar refractivity (Wildman–Crippen MR) is 100 cm³/mol. The Bertz CT molecular complexity index is 903. The van der Waals surface area contributed by atoms with Crippen LogP contribution < -0.4 is 10.4 Å². The molecule has 0 aromatic heterocycles. The summed E-state index contributed by atoms with van der Waals surface area (Å²) in [5, 5.41) is 15.4. The van der Waals surface area contributed by atoms with Gasteiger partial charge in [0.1, 0.15) is 0 Å². The van der Waals surface area contributed by atoms with Crippen molar-refractivity contribution in [1.82, 2.24) is 0 Å². The largest absolute Gasteiger partial charge is 0.545 e. The smallest absolute Gasteiger partial charge is 0.0736 e. The number of hydrogen-bond acceptors (Lipinski definition) is 3. The molecule has 0 radical (unpaired) electrons. The van der Waals surface area contributed by atoms with Crippen molar-refractivity contribution in [2.24, 2.45) is 17.8 Å². The van der Waals surface area contributed by atoms with Crippen molar-refractivity contribution in [2.75, 3.05) is 5.32 Å². The number of aryl methyl sites for hydroxylation is 2. The average molecular weight is 346 g/mol. The lowest BCUT2D eigenvalue weighted by Gasteiger charge is -2.44. The minimum atomic E-state index is -1.09. The van der Waals surface area contributed by atoms with Gasteiger partial charge in [0.15, 0.2) is 0 Å². The molecular weight excluding hydrogens is 322 g/mol. The Morgan fingerprint density at radius 2 is 1.88 bits per heavy atom. The number of aromatic carboxylic acids is 1. The van der Waals surface area contributed by atoms with E-state index in [1.54, 1.807) is 6.07 Å². The van der Waals surface area contributed by atoms with Gasteiger partial charge in [-0.2, -0.15) is 0 Å². The van der Waals surface area contributed by atoms with Crippen LogP contribution in [0.3, 0.4) is 0 Å². The molecule has 2 bridgehead atoms. The standard InChI is InChI=1S/C23H25NO2/c1-12-6-7-13(2)18(10-12)22-20-15-9-8-14(11-15)19(20)16-4-3-5-17(23(25)26)21(16)24-22/h3-7,10,14-15,19-20,22,24H,8-9,11H2,1-2H3,(H,25,26)/p-1/t14-,15+,19+,20+,22+/m0/s1. The minimum Gasteiger partial charge on any atom is -0.545 e. The van der Waals surface area contributed by atoms with Gasteiger partial charge in [0, 0.05) is 11.3 Å². The van der Waals surface area contributed by atoms with Crippen molar-refractivity contribution in [3.05, 3.63) is 64.2 Å². The van der Waals surface area contributed by atoms with Crippen LogP contribution in [0.1, 0.15) is 63.8 Å². The van der Waals surface area contributed by atoms with Crippen LogP contribution in [-0.2, 0) is 0 Å².